The van der Waals surface area contributed by atoms with Crippen molar-refractivity contribution in [3.8, 4) is 16.9 Å². The summed E-state index contributed by atoms with van der Waals surface area (Å²) in [5.41, 5.74) is 5.34. The van der Waals surface area contributed by atoms with E-state index in [1.165, 1.54) is 12.1 Å². The second kappa shape index (κ2) is 7.31. The molecule has 4 N–H and O–H groups in total. The van der Waals surface area contributed by atoms with E-state index < -0.39 is 15.9 Å². The van der Waals surface area contributed by atoms with Gasteiger partial charge in [-0.05, 0) is 37.3 Å². The molecule has 0 aliphatic carbocycles. The Labute approximate surface area is 156 Å². The van der Waals surface area contributed by atoms with E-state index in [4.69, 9.17) is 10.3 Å². The highest BCUT2D eigenvalue weighted by molar-refractivity contribution is 7.89. The Balaban J connectivity index is 2.09. The van der Waals surface area contributed by atoms with Gasteiger partial charge in [0.2, 0.25) is 15.9 Å². The fraction of sp³-hybridized carbons (Fsp3) is 0.111. The molecule has 27 heavy (non-hydrogen) atoms. The van der Waals surface area contributed by atoms with Gasteiger partial charge < -0.3 is 0 Å². The van der Waals surface area contributed by atoms with Gasteiger partial charge in [0.25, 0.3) is 0 Å². The number of carbonyl (C=O) groups excluding carboxylic acids is 1. The number of aromatic nitrogens is 2. The lowest BCUT2D eigenvalue weighted by Crippen LogP contribution is -2.21. The van der Waals surface area contributed by atoms with E-state index in [2.05, 4.69) is 5.10 Å². The van der Waals surface area contributed by atoms with Crippen LogP contribution in [0, 0.1) is 6.92 Å². The topological polar surface area (TPSA) is 127 Å². The van der Waals surface area contributed by atoms with Gasteiger partial charge in [0.1, 0.15) is 0 Å². The van der Waals surface area contributed by atoms with E-state index in [0.29, 0.717) is 11.4 Å². The third-order valence-corrected chi connectivity index (χ3v) is 4.91. The highest BCUT2D eigenvalue weighted by Crippen LogP contribution is 2.25. The number of benzene rings is 2. The highest BCUT2D eigenvalue weighted by atomic mass is 32.2. The van der Waals surface area contributed by atoms with Gasteiger partial charge in [-0.3, -0.25) is 10.0 Å². The Morgan fingerprint density at radius 3 is 2.33 bits per heavy atom. The first kappa shape index (κ1) is 18.8. The highest BCUT2D eigenvalue weighted by Gasteiger charge is 2.15. The lowest BCUT2D eigenvalue weighted by atomic mass is 10.1. The van der Waals surface area contributed by atoms with Crippen molar-refractivity contribution in [2.45, 2.75) is 18.2 Å². The molecule has 0 saturated heterocycles. The molecular weight excluding hydrogens is 368 g/mol. The van der Waals surface area contributed by atoms with E-state index in [-0.39, 0.29) is 11.3 Å². The van der Waals surface area contributed by atoms with Gasteiger partial charge in [-0.15, -0.1) is 0 Å². The Kier molecular flexibility index (Phi) is 5.08. The number of hydrogen-bond acceptors (Lipinski definition) is 5. The number of primary sulfonamides is 1. The maximum atomic E-state index is 11.5. The minimum Gasteiger partial charge on any atom is -0.289 e. The molecule has 1 aromatic heterocycles. The third kappa shape index (κ3) is 4.22. The second-order valence-corrected chi connectivity index (χ2v) is 7.61. The van der Waals surface area contributed by atoms with Gasteiger partial charge in [-0.25, -0.2) is 23.7 Å². The van der Waals surface area contributed by atoms with Crippen LogP contribution < -0.4 is 10.6 Å². The maximum Gasteiger partial charge on any atom is 0.249 e. The van der Waals surface area contributed by atoms with Crippen LogP contribution in [0.5, 0.6) is 0 Å². The summed E-state index contributed by atoms with van der Waals surface area (Å²) in [7, 11) is -3.79. The van der Waals surface area contributed by atoms with E-state index in [0.717, 1.165) is 16.8 Å². The predicted molar refractivity (Wildman–Crippen MR) is 98.7 cm³/mol. The normalized spacial score (nSPS) is 11.4. The first-order valence-corrected chi connectivity index (χ1v) is 9.55. The van der Waals surface area contributed by atoms with Crippen LogP contribution in [0.1, 0.15) is 11.3 Å². The van der Waals surface area contributed by atoms with Gasteiger partial charge in [0, 0.05) is 5.56 Å². The molecule has 0 aliphatic rings. The monoisotopic (exact) mass is 386 g/mol. The summed E-state index contributed by atoms with van der Waals surface area (Å²) in [6, 6.07) is 15.5. The Bertz CT molecular complexity index is 1070. The zero-order chi connectivity index (χ0) is 19.6. The molecule has 0 aliphatic heterocycles. The lowest BCUT2D eigenvalue weighted by molar-refractivity contribution is -0.128. The van der Waals surface area contributed by atoms with Gasteiger partial charge in [0.05, 0.1) is 28.4 Å². The molecule has 0 radical (unpaired) electrons. The molecule has 1 heterocycles. The smallest absolute Gasteiger partial charge is 0.249 e. The molecule has 140 valence electrons. The average Bonchev–Trinajstić information content (AvgIpc) is 3.05. The molecule has 0 fully saturated rings. The first-order valence-electron chi connectivity index (χ1n) is 8.00. The molecule has 0 bridgehead atoms. The molecule has 0 unspecified atom stereocenters. The zero-order valence-electron chi connectivity index (χ0n) is 14.5. The Hall–Kier alpha value is -3.01. The summed E-state index contributed by atoms with van der Waals surface area (Å²) in [6.07, 6.45) is -0.0996. The number of hydrogen-bond donors (Lipinski definition) is 3. The number of nitrogens with one attached hydrogen (secondary N) is 1. The van der Waals surface area contributed by atoms with Crippen LogP contribution in [0.2, 0.25) is 0 Å². The summed E-state index contributed by atoms with van der Waals surface area (Å²) < 4.78 is 24.5. The third-order valence-electron chi connectivity index (χ3n) is 3.98. The maximum absolute atomic E-state index is 11.5. The average molecular weight is 386 g/mol. The summed E-state index contributed by atoms with van der Waals surface area (Å²) in [5.74, 6) is -0.584. The summed E-state index contributed by atoms with van der Waals surface area (Å²) in [6.45, 7) is 1.98. The van der Waals surface area contributed by atoms with Crippen molar-refractivity contribution in [2.24, 2.45) is 5.14 Å². The van der Waals surface area contributed by atoms with Crippen LogP contribution in [0.3, 0.4) is 0 Å². The molecule has 3 rings (SSSR count). The minimum atomic E-state index is -3.79. The number of rotatable bonds is 5. The number of carbonyl (C=O) groups is 1. The number of nitrogens with zero attached hydrogens (tertiary/aromatic N) is 2. The van der Waals surface area contributed by atoms with Crippen LogP contribution in [-0.2, 0) is 21.2 Å². The molecule has 0 saturated carbocycles. The Morgan fingerprint density at radius 2 is 1.78 bits per heavy atom. The van der Waals surface area contributed by atoms with Crippen LogP contribution >= 0.6 is 0 Å². The van der Waals surface area contributed by atoms with Crippen molar-refractivity contribution >= 4 is 15.9 Å². The van der Waals surface area contributed by atoms with Gasteiger partial charge in [-0.1, -0.05) is 29.8 Å². The molecule has 8 nitrogen and oxygen atoms in total. The van der Waals surface area contributed by atoms with E-state index >= 15 is 0 Å². The zero-order valence-corrected chi connectivity index (χ0v) is 15.3. The van der Waals surface area contributed by atoms with E-state index in [9.17, 15) is 13.2 Å². The SMILES string of the molecule is Cc1ccc(-c2cc(CC(=O)NO)nn2-c2ccc(S(N)(=O)=O)cc2)cc1. The molecule has 3 aromatic rings. The van der Waals surface area contributed by atoms with Crippen LogP contribution in [0.25, 0.3) is 16.9 Å². The van der Waals surface area contributed by atoms with Crippen molar-refractivity contribution in [2.75, 3.05) is 0 Å². The van der Waals surface area contributed by atoms with Crippen LogP contribution in [0.15, 0.2) is 59.5 Å². The molecule has 9 heteroatoms. The summed E-state index contributed by atoms with van der Waals surface area (Å²) in [5, 5.41) is 18.3. The van der Waals surface area contributed by atoms with Crippen molar-refractivity contribution in [1.29, 1.82) is 0 Å². The number of amides is 1. The van der Waals surface area contributed by atoms with Crippen molar-refractivity contribution in [1.82, 2.24) is 15.3 Å². The summed E-state index contributed by atoms with van der Waals surface area (Å²) in [4.78, 5) is 11.5. The van der Waals surface area contributed by atoms with E-state index in [1.807, 2.05) is 31.2 Å². The molecule has 1 amide bonds. The molecule has 0 spiro atoms. The second-order valence-electron chi connectivity index (χ2n) is 6.05. The van der Waals surface area contributed by atoms with Gasteiger partial charge in [-0.2, -0.15) is 5.10 Å². The summed E-state index contributed by atoms with van der Waals surface area (Å²) >= 11 is 0. The number of sulfonamides is 1. The lowest BCUT2D eigenvalue weighted by Gasteiger charge is -2.08. The molecule has 2 aromatic carbocycles. The standard InChI is InChI=1S/C18H18N4O4S/c1-12-2-4-13(5-3-12)17-10-14(11-18(23)21-24)20-22(17)15-6-8-16(9-7-15)27(19,25)26/h2-10,24H,11H2,1H3,(H,21,23)(H2,19,25,26). The van der Waals surface area contributed by atoms with Crippen LogP contribution in [0.4, 0.5) is 0 Å². The quantitative estimate of drug-likeness (QED) is 0.453. The largest absolute Gasteiger partial charge is 0.289 e. The van der Waals surface area contributed by atoms with Gasteiger partial charge >= 0.3 is 0 Å². The van der Waals surface area contributed by atoms with Crippen LogP contribution in [-0.4, -0.2) is 29.3 Å². The number of nitrogens with two attached hydrogens (primary N) is 1. The van der Waals surface area contributed by atoms with Crippen molar-refractivity contribution < 1.29 is 18.4 Å². The minimum absolute atomic E-state index is 0.00447. The van der Waals surface area contributed by atoms with E-state index in [1.54, 1.807) is 28.4 Å². The Morgan fingerprint density at radius 1 is 1.15 bits per heavy atom. The van der Waals surface area contributed by atoms with Gasteiger partial charge in [0.15, 0.2) is 0 Å². The fourth-order valence-electron chi connectivity index (χ4n) is 2.62. The van der Waals surface area contributed by atoms with Crippen molar-refractivity contribution in [3.05, 3.63) is 65.9 Å². The molecular formula is C18H18N4O4S. The van der Waals surface area contributed by atoms with Crippen molar-refractivity contribution in [3.63, 3.8) is 0 Å². The molecule has 0 atom stereocenters. The predicted octanol–water partition coefficient (Wildman–Crippen LogP) is 1.54. The number of hydroxylamine groups is 1. The first-order chi connectivity index (χ1) is 12.8. The number of aryl methyl sites for hydroxylation is 1. The fourth-order valence-corrected chi connectivity index (χ4v) is 3.14.